The maximum atomic E-state index is 12.7. The van der Waals surface area contributed by atoms with E-state index < -0.39 is 16.1 Å². The molecule has 2 N–H and O–H groups in total. The van der Waals surface area contributed by atoms with Crippen molar-refractivity contribution in [3.05, 3.63) is 42.5 Å². The number of nitrogens with one attached hydrogen (secondary N) is 1. The number of β-amino-alcohol motifs (C(OH)–C–C–N with tert-alkyl or cyclic N) is 1. The molecule has 0 aliphatic carbocycles. The number of fused-ring (bicyclic) bond motifs is 1. The zero-order valence-electron chi connectivity index (χ0n) is 14.6. The summed E-state index contributed by atoms with van der Waals surface area (Å²) in [6, 6.07) is 13.1. The Kier molecular flexibility index (Phi) is 5.74. The van der Waals surface area contributed by atoms with Gasteiger partial charge < -0.3 is 5.11 Å². The van der Waals surface area contributed by atoms with E-state index >= 15 is 0 Å². The van der Waals surface area contributed by atoms with Crippen LogP contribution in [0.4, 0.5) is 0 Å². The van der Waals surface area contributed by atoms with Crippen molar-refractivity contribution in [2.24, 2.45) is 0 Å². The van der Waals surface area contributed by atoms with Crippen molar-refractivity contribution in [3.63, 3.8) is 0 Å². The van der Waals surface area contributed by atoms with Gasteiger partial charge in [-0.1, -0.05) is 43.3 Å². The molecule has 1 aliphatic rings. The number of sulfonamides is 1. The summed E-state index contributed by atoms with van der Waals surface area (Å²) in [7, 11) is -3.66. The summed E-state index contributed by atoms with van der Waals surface area (Å²) < 4.78 is 27.9. The molecule has 1 fully saturated rings. The Hall–Kier alpha value is -1.47. The van der Waals surface area contributed by atoms with Crippen LogP contribution in [0.1, 0.15) is 26.2 Å². The van der Waals surface area contributed by atoms with Crippen molar-refractivity contribution < 1.29 is 13.5 Å². The maximum Gasteiger partial charge on any atom is 0.241 e. The number of likely N-dealkylation sites (tertiary alicyclic amines) is 1. The molecule has 3 rings (SSSR count). The first-order valence-corrected chi connectivity index (χ1v) is 10.4. The van der Waals surface area contributed by atoms with E-state index in [1.807, 2.05) is 24.3 Å². The number of hydrogen-bond donors (Lipinski definition) is 2. The van der Waals surface area contributed by atoms with Crippen molar-refractivity contribution in [2.45, 2.75) is 43.2 Å². The fourth-order valence-corrected chi connectivity index (χ4v) is 4.95. The number of benzene rings is 2. The molecule has 2 aromatic carbocycles. The van der Waals surface area contributed by atoms with Gasteiger partial charge in [0.25, 0.3) is 0 Å². The Morgan fingerprint density at radius 1 is 1.24 bits per heavy atom. The molecule has 136 valence electrons. The summed E-state index contributed by atoms with van der Waals surface area (Å²) in [6.07, 6.45) is 2.66. The Bertz CT molecular complexity index is 817. The third kappa shape index (κ3) is 4.20. The number of rotatable bonds is 7. The molecule has 1 aliphatic heterocycles. The van der Waals surface area contributed by atoms with Crippen LogP contribution in [-0.4, -0.2) is 50.2 Å². The zero-order chi connectivity index (χ0) is 17.9. The van der Waals surface area contributed by atoms with E-state index in [2.05, 4.69) is 16.5 Å². The highest BCUT2D eigenvalue weighted by Gasteiger charge is 2.25. The molecule has 0 amide bonds. The highest BCUT2D eigenvalue weighted by molar-refractivity contribution is 7.89. The van der Waals surface area contributed by atoms with Crippen LogP contribution in [0.3, 0.4) is 0 Å². The Morgan fingerprint density at radius 2 is 2.00 bits per heavy atom. The molecule has 1 unspecified atom stereocenters. The van der Waals surface area contributed by atoms with E-state index in [1.165, 1.54) is 0 Å². The van der Waals surface area contributed by atoms with Crippen LogP contribution in [0, 0.1) is 0 Å². The largest absolute Gasteiger partial charge is 0.390 e. The van der Waals surface area contributed by atoms with Gasteiger partial charge in [-0.05, 0) is 37.3 Å². The molecule has 2 atom stereocenters. The summed E-state index contributed by atoms with van der Waals surface area (Å²) >= 11 is 0. The first-order valence-electron chi connectivity index (χ1n) is 8.91. The van der Waals surface area contributed by atoms with Crippen LogP contribution in [0.2, 0.25) is 0 Å². The molecular formula is C19H26N2O3S. The highest BCUT2D eigenvalue weighted by atomic mass is 32.2. The lowest BCUT2D eigenvalue weighted by Gasteiger charge is -2.26. The Balaban J connectivity index is 1.67. The number of hydrogen-bond acceptors (Lipinski definition) is 4. The molecule has 25 heavy (non-hydrogen) atoms. The van der Waals surface area contributed by atoms with Gasteiger partial charge in [0, 0.05) is 24.5 Å². The second kappa shape index (κ2) is 7.83. The maximum absolute atomic E-state index is 12.7. The lowest BCUT2D eigenvalue weighted by Crippen LogP contribution is -2.41. The monoisotopic (exact) mass is 362 g/mol. The molecule has 0 radical (unpaired) electrons. The lowest BCUT2D eigenvalue weighted by atomic mass is 10.1. The molecule has 0 bridgehead atoms. The molecule has 2 aromatic rings. The first-order chi connectivity index (χ1) is 12.0. The van der Waals surface area contributed by atoms with E-state index in [0.29, 0.717) is 18.0 Å². The van der Waals surface area contributed by atoms with Crippen LogP contribution in [0.15, 0.2) is 47.4 Å². The van der Waals surface area contributed by atoms with E-state index in [4.69, 9.17) is 0 Å². The van der Waals surface area contributed by atoms with Crippen LogP contribution >= 0.6 is 0 Å². The van der Waals surface area contributed by atoms with Gasteiger partial charge in [-0.25, -0.2) is 13.1 Å². The van der Waals surface area contributed by atoms with Crippen molar-refractivity contribution in [1.82, 2.24) is 9.62 Å². The second-order valence-electron chi connectivity index (χ2n) is 6.68. The quantitative estimate of drug-likeness (QED) is 0.793. The van der Waals surface area contributed by atoms with Gasteiger partial charge in [0.2, 0.25) is 10.0 Å². The summed E-state index contributed by atoms with van der Waals surface area (Å²) in [5.74, 6) is 0. The lowest BCUT2D eigenvalue weighted by molar-refractivity contribution is 0.108. The van der Waals surface area contributed by atoms with Gasteiger partial charge in [-0.15, -0.1) is 0 Å². The molecule has 0 saturated carbocycles. The number of nitrogens with zero attached hydrogens (tertiary/aromatic N) is 1. The van der Waals surface area contributed by atoms with Crippen LogP contribution < -0.4 is 4.72 Å². The fourth-order valence-electron chi connectivity index (χ4n) is 3.65. The van der Waals surface area contributed by atoms with Gasteiger partial charge >= 0.3 is 0 Å². The van der Waals surface area contributed by atoms with Crippen LogP contribution in [0.25, 0.3) is 10.8 Å². The summed E-state index contributed by atoms with van der Waals surface area (Å²) in [4.78, 5) is 2.52. The predicted molar refractivity (Wildman–Crippen MR) is 100 cm³/mol. The average molecular weight is 362 g/mol. The minimum atomic E-state index is -3.66. The van der Waals surface area contributed by atoms with Crippen molar-refractivity contribution in [3.8, 4) is 0 Å². The van der Waals surface area contributed by atoms with Gasteiger partial charge in [0.05, 0.1) is 11.0 Å². The van der Waals surface area contributed by atoms with Crippen LogP contribution in [0.5, 0.6) is 0 Å². The summed E-state index contributed by atoms with van der Waals surface area (Å²) in [5, 5.41) is 11.9. The van der Waals surface area contributed by atoms with E-state index in [1.54, 1.807) is 18.2 Å². The summed E-state index contributed by atoms with van der Waals surface area (Å²) in [5.41, 5.74) is 0. The minimum absolute atomic E-state index is 0.0263. The standard InChI is InChI=1S/C19H26N2O3S/c1-2-16-9-6-12-21(16)14-17(22)13-20-25(23,24)19-11-5-8-15-7-3-4-10-18(15)19/h3-5,7-8,10-11,16-17,20,22H,2,6,9,12-14H2,1H3/t16?,17-/m0/s1. The third-order valence-electron chi connectivity index (χ3n) is 4.96. The molecule has 1 heterocycles. The minimum Gasteiger partial charge on any atom is -0.390 e. The fraction of sp³-hybridized carbons (Fsp3) is 0.474. The highest BCUT2D eigenvalue weighted by Crippen LogP contribution is 2.23. The Labute approximate surface area is 149 Å². The Morgan fingerprint density at radius 3 is 2.80 bits per heavy atom. The van der Waals surface area contributed by atoms with Gasteiger partial charge in [-0.2, -0.15) is 0 Å². The van der Waals surface area contributed by atoms with Gasteiger partial charge in [0.15, 0.2) is 0 Å². The number of aliphatic hydroxyl groups is 1. The van der Waals surface area contributed by atoms with Crippen LogP contribution in [-0.2, 0) is 10.0 Å². The van der Waals surface area contributed by atoms with Crippen molar-refractivity contribution in [1.29, 1.82) is 0 Å². The smallest absolute Gasteiger partial charge is 0.241 e. The van der Waals surface area contributed by atoms with Crippen molar-refractivity contribution in [2.75, 3.05) is 19.6 Å². The summed E-state index contributed by atoms with van der Waals surface area (Å²) in [6.45, 7) is 3.67. The molecule has 0 aromatic heterocycles. The van der Waals surface area contributed by atoms with Gasteiger partial charge in [0.1, 0.15) is 0 Å². The molecule has 0 spiro atoms. The average Bonchev–Trinajstić information content (AvgIpc) is 3.06. The second-order valence-corrected chi connectivity index (χ2v) is 8.42. The molecule has 1 saturated heterocycles. The van der Waals surface area contributed by atoms with E-state index in [0.717, 1.165) is 31.2 Å². The topological polar surface area (TPSA) is 69.6 Å². The molecular weight excluding hydrogens is 336 g/mol. The SMILES string of the molecule is CCC1CCCN1C[C@@H](O)CNS(=O)(=O)c1cccc2ccccc12. The normalized spacial score (nSPS) is 20.2. The van der Waals surface area contributed by atoms with E-state index in [9.17, 15) is 13.5 Å². The third-order valence-corrected chi connectivity index (χ3v) is 6.45. The predicted octanol–water partition coefficient (Wildman–Crippen LogP) is 2.35. The van der Waals surface area contributed by atoms with Gasteiger partial charge in [-0.3, -0.25) is 4.90 Å². The van der Waals surface area contributed by atoms with Crippen molar-refractivity contribution >= 4 is 20.8 Å². The van der Waals surface area contributed by atoms with E-state index in [-0.39, 0.29) is 11.4 Å². The molecule has 5 nitrogen and oxygen atoms in total. The zero-order valence-corrected chi connectivity index (χ0v) is 15.4. The number of aliphatic hydroxyl groups excluding tert-OH is 1. The molecule has 6 heteroatoms. The first kappa shape index (κ1) is 18.3.